The molecule has 11 nitrogen and oxygen atoms in total. The number of amides is 1. The molecule has 12 heteroatoms. The minimum absolute atomic E-state index is 0.0177. The van der Waals surface area contributed by atoms with E-state index in [1.54, 1.807) is 12.1 Å². The molecule has 2 heterocycles. The molecule has 0 aliphatic carbocycles. The first-order valence-electron chi connectivity index (χ1n) is 9.88. The van der Waals surface area contributed by atoms with Crippen LogP contribution in [0.25, 0.3) is 0 Å². The van der Waals surface area contributed by atoms with Gasteiger partial charge in [0.15, 0.2) is 5.76 Å². The predicted octanol–water partition coefficient (Wildman–Crippen LogP) is 5.05. The second kappa shape index (κ2) is 9.58. The molecule has 0 bridgehead atoms. The molecule has 0 fully saturated rings. The average Bonchev–Trinajstić information content (AvgIpc) is 3.45. The Balaban J connectivity index is 1.49. The number of nitro benzene ring substituents is 1. The summed E-state index contributed by atoms with van der Waals surface area (Å²) in [6.45, 7) is 2.06. The van der Waals surface area contributed by atoms with Gasteiger partial charge in [-0.05, 0) is 37.3 Å². The Hall–Kier alpha value is -4.45. The van der Waals surface area contributed by atoms with Crippen molar-refractivity contribution in [1.29, 1.82) is 0 Å². The van der Waals surface area contributed by atoms with Crippen LogP contribution in [0.15, 0.2) is 81.2 Å². The van der Waals surface area contributed by atoms with Gasteiger partial charge in [-0.2, -0.15) is 5.10 Å². The van der Waals surface area contributed by atoms with Crippen molar-refractivity contribution in [3.05, 3.63) is 104 Å². The van der Waals surface area contributed by atoms with Gasteiger partial charge in [0.05, 0.1) is 16.4 Å². The Labute approximate surface area is 196 Å². The van der Waals surface area contributed by atoms with E-state index >= 15 is 0 Å². The van der Waals surface area contributed by atoms with Gasteiger partial charge in [-0.25, -0.2) is 0 Å². The Morgan fingerprint density at radius 1 is 1.03 bits per heavy atom. The third-order valence-electron chi connectivity index (χ3n) is 4.65. The second-order valence-corrected chi connectivity index (χ2v) is 8.41. The molecule has 2 aromatic carbocycles. The number of nitro groups is 2. The maximum absolute atomic E-state index is 12.7. The first kappa shape index (κ1) is 22.7. The van der Waals surface area contributed by atoms with E-state index in [1.807, 2.05) is 31.2 Å². The van der Waals surface area contributed by atoms with E-state index in [0.717, 1.165) is 16.7 Å². The molecular weight excluding hydrogens is 462 g/mol. The summed E-state index contributed by atoms with van der Waals surface area (Å²) in [4.78, 5) is 35.2. The quantitative estimate of drug-likeness (QED) is 0.273. The van der Waals surface area contributed by atoms with Crippen molar-refractivity contribution in [2.75, 3.05) is 5.32 Å². The van der Waals surface area contributed by atoms with Crippen LogP contribution in [0, 0.1) is 27.2 Å². The van der Waals surface area contributed by atoms with E-state index in [-0.39, 0.29) is 29.4 Å². The summed E-state index contributed by atoms with van der Waals surface area (Å²) in [6, 6.07) is 15.1. The lowest BCUT2D eigenvalue weighted by molar-refractivity contribution is -0.385. The minimum atomic E-state index is -0.593. The van der Waals surface area contributed by atoms with Crippen molar-refractivity contribution in [1.82, 2.24) is 9.78 Å². The van der Waals surface area contributed by atoms with Gasteiger partial charge in [0.1, 0.15) is 18.2 Å². The molecule has 0 saturated carbocycles. The normalized spacial score (nSPS) is 10.7. The predicted molar refractivity (Wildman–Crippen MR) is 123 cm³/mol. The van der Waals surface area contributed by atoms with Gasteiger partial charge in [-0.15, -0.1) is 0 Å². The molecule has 1 N–H and O–H groups in total. The summed E-state index contributed by atoms with van der Waals surface area (Å²) < 4.78 is 6.84. The summed E-state index contributed by atoms with van der Waals surface area (Å²) in [5, 5.41) is 28.7. The fourth-order valence-electron chi connectivity index (χ4n) is 3.03. The van der Waals surface area contributed by atoms with Crippen LogP contribution in [0.3, 0.4) is 0 Å². The number of anilines is 1. The zero-order valence-corrected chi connectivity index (χ0v) is 18.5. The van der Waals surface area contributed by atoms with Crippen molar-refractivity contribution in [2.45, 2.75) is 23.3 Å². The topological polar surface area (TPSA) is 146 Å². The number of rotatable bonds is 8. The highest BCUT2D eigenvalue weighted by atomic mass is 32.2. The van der Waals surface area contributed by atoms with E-state index in [4.69, 9.17) is 4.42 Å². The molecule has 4 aromatic rings. The van der Waals surface area contributed by atoms with Gasteiger partial charge < -0.3 is 9.73 Å². The Morgan fingerprint density at radius 3 is 2.44 bits per heavy atom. The number of benzene rings is 2. The highest BCUT2D eigenvalue weighted by Crippen LogP contribution is 2.33. The Bertz CT molecular complexity index is 1380. The van der Waals surface area contributed by atoms with E-state index in [0.29, 0.717) is 10.7 Å². The van der Waals surface area contributed by atoms with Gasteiger partial charge in [0.25, 0.3) is 11.6 Å². The van der Waals surface area contributed by atoms with E-state index in [9.17, 15) is 25.0 Å². The summed E-state index contributed by atoms with van der Waals surface area (Å²) in [6.07, 6.45) is 2.36. The van der Waals surface area contributed by atoms with Crippen LogP contribution in [0.2, 0.25) is 0 Å². The third-order valence-corrected chi connectivity index (χ3v) is 5.63. The SMILES string of the molecule is Cc1ccc(Sc2cc(NC(=O)c3ccc(Cn4cc([N+](=O)[O-])cn4)o3)cc([N+](=O)[O-])c2)cc1. The molecule has 0 atom stereocenters. The highest BCUT2D eigenvalue weighted by molar-refractivity contribution is 7.99. The number of aromatic nitrogens is 2. The highest BCUT2D eigenvalue weighted by Gasteiger charge is 2.17. The number of carbonyl (C=O) groups excluding carboxylic acids is 1. The molecule has 4 rings (SSSR count). The summed E-state index contributed by atoms with van der Waals surface area (Å²) >= 11 is 1.34. The number of nitrogens with one attached hydrogen (secondary N) is 1. The van der Waals surface area contributed by atoms with Crippen LogP contribution < -0.4 is 5.32 Å². The number of nitrogens with zero attached hydrogens (tertiary/aromatic N) is 4. The fraction of sp³-hybridized carbons (Fsp3) is 0.0909. The first-order valence-corrected chi connectivity index (χ1v) is 10.7. The number of non-ortho nitro benzene ring substituents is 1. The molecule has 34 heavy (non-hydrogen) atoms. The Morgan fingerprint density at radius 2 is 1.76 bits per heavy atom. The standard InChI is InChI=1S/C22H17N5O6S/c1-14-2-5-19(6-3-14)34-20-9-15(8-16(10-20)26(29)30)24-22(28)21-7-4-18(33-21)13-25-12-17(11-23-25)27(31)32/h2-12H,13H2,1H3,(H,24,28). The van der Waals surface area contributed by atoms with Gasteiger partial charge in [-0.1, -0.05) is 29.5 Å². The largest absolute Gasteiger partial charge is 0.454 e. The van der Waals surface area contributed by atoms with E-state index < -0.39 is 15.8 Å². The number of furan rings is 1. The van der Waals surface area contributed by atoms with Crippen LogP contribution in [0.1, 0.15) is 21.9 Å². The first-order chi connectivity index (χ1) is 16.3. The van der Waals surface area contributed by atoms with Crippen molar-refractivity contribution < 1.29 is 19.1 Å². The van der Waals surface area contributed by atoms with Crippen molar-refractivity contribution in [3.8, 4) is 0 Å². The number of hydrogen-bond donors (Lipinski definition) is 1. The maximum Gasteiger partial charge on any atom is 0.307 e. The Kier molecular flexibility index (Phi) is 6.41. The van der Waals surface area contributed by atoms with Crippen LogP contribution in [-0.2, 0) is 6.54 Å². The number of carbonyl (C=O) groups is 1. The van der Waals surface area contributed by atoms with Gasteiger partial charge >= 0.3 is 5.69 Å². The lowest BCUT2D eigenvalue weighted by atomic mass is 10.2. The molecule has 0 unspecified atom stereocenters. The van der Waals surface area contributed by atoms with Crippen LogP contribution in [0.5, 0.6) is 0 Å². The summed E-state index contributed by atoms with van der Waals surface area (Å²) in [7, 11) is 0. The van der Waals surface area contributed by atoms with Crippen molar-refractivity contribution in [2.24, 2.45) is 0 Å². The zero-order valence-electron chi connectivity index (χ0n) is 17.7. The summed E-state index contributed by atoms with van der Waals surface area (Å²) in [5.41, 5.74) is 1.02. The molecular formula is C22H17N5O6S. The van der Waals surface area contributed by atoms with Gasteiger partial charge in [-0.3, -0.25) is 29.7 Å². The van der Waals surface area contributed by atoms with E-state index in [2.05, 4.69) is 10.4 Å². The minimum Gasteiger partial charge on any atom is -0.454 e. The molecule has 0 spiro atoms. The van der Waals surface area contributed by atoms with Gasteiger partial charge in [0.2, 0.25) is 0 Å². The summed E-state index contributed by atoms with van der Waals surface area (Å²) in [5.74, 6) is -0.252. The van der Waals surface area contributed by atoms with Gasteiger partial charge in [0, 0.05) is 27.6 Å². The lowest BCUT2D eigenvalue weighted by Gasteiger charge is -2.07. The van der Waals surface area contributed by atoms with Crippen molar-refractivity contribution in [3.63, 3.8) is 0 Å². The van der Waals surface area contributed by atoms with E-state index in [1.165, 1.54) is 40.8 Å². The lowest BCUT2D eigenvalue weighted by Crippen LogP contribution is -2.11. The maximum atomic E-state index is 12.7. The molecule has 1 amide bonds. The molecule has 172 valence electrons. The molecule has 0 aliphatic heterocycles. The van der Waals surface area contributed by atoms with Crippen molar-refractivity contribution >= 4 is 34.7 Å². The molecule has 2 aromatic heterocycles. The molecule has 0 saturated heterocycles. The second-order valence-electron chi connectivity index (χ2n) is 7.26. The van der Waals surface area contributed by atoms with Crippen LogP contribution >= 0.6 is 11.8 Å². The molecule has 0 radical (unpaired) electrons. The smallest absolute Gasteiger partial charge is 0.307 e. The third kappa shape index (κ3) is 5.48. The van der Waals surface area contributed by atoms with Crippen LogP contribution in [-0.4, -0.2) is 25.5 Å². The number of hydrogen-bond acceptors (Lipinski definition) is 8. The molecule has 0 aliphatic rings. The van der Waals surface area contributed by atoms with Crippen LogP contribution in [0.4, 0.5) is 17.1 Å². The average molecular weight is 479 g/mol. The monoisotopic (exact) mass is 479 g/mol. The fourth-order valence-corrected chi connectivity index (χ4v) is 3.94. The zero-order chi connectivity index (χ0) is 24.2. The number of aryl methyl sites for hydroxylation is 1.